The molecule has 0 saturated carbocycles. The highest BCUT2D eigenvalue weighted by molar-refractivity contribution is 6.09. The Kier molecular flexibility index (Phi) is 11.8. The smallest absolute Gasteiger partial charge is 0.137 e. The minimum Gasteiger partial charge on any atom is -0.457 e. The van der Waals surface area contributed by atoms with Crippen LogP contribution < -0.4 is 14.5 Å². The predicted octanol–water partition coefficient (Wildman–Crippen LogP) is 20.6. The Morgan fingerprint density at radius 1 is 0.452 bits per heavy atom. The fourth-order valence-electron chi connectivity index (χ4n) is 14.5. The van der Waals surface area contributed by atoms with Crippen LogP contribution in [-0.2, 0) is 21.7 Å². The molecule has 5 heteroatoms. The molecule has 12 aromatic rings. The van der Waals surface area contributed by atoms with Gasteiger partial charge in [0.15, 0.2) is 0 Å². The number of anilines is 4. The lowest BCUT2D eigenvalue weighted by Gasteiger charge is -2.43. The lowest BCUT2D eigenvalue weighted by molar-refractivity contribution is 0.320. The maximum Gasteiger partial charge on any atom is 0.137 e. The summed E-state index contributed by atoms with van der Waals surface area (Å²) >= 11 is 0. The molecule has 0 amide bonds. The second-order valence-corrected chi connectivity index (χ2v) is 25.8. The Bertz CT molecular complexity index is 4440. The molecule has 15 rings (SSSR count). The number of nitrogens with zero attached hydrogens (tertiary/aromatic N) is 4. The Morgan fingerprint density at radius 3 is 1.67 bits per heavy atom. The highest BCUT2D eigenvalue weighted by Crippen LogP contribution is 2.58. The van der Waals surface area contributed by atoms with E-state index in [1.54, 1.807) is 0 Å². The maximum absolute atomic E-state index is 7.58. The van der Waals surface area contributed by atoms with E-state index in [0.29, 0.717) is 6.67 Å². The average molecular weight is 1090 g/mol. The van der Waals surface area contributed by atoms with Crippen molar-refractivity contribution < 1.29 is 4.74 Å². The van der Waals surface area contributed by atoms with Gasteiger partial charge in [0.05, 0.1) is 33.5 Å². The highest BCUT2D eigenvalue weighted by Gasteiger charge is 2.47. The second kappa shape index (κ2) is 19.3. The van der Waals surface area contributed by atoms with Crippen LogP contribution in [0.2, 0.25) is 0 Å². The van der Waals surface area contributed by atoms with Crippen molar-refractivity contribution in [2.24, 2.45) is 0 Å². The van der Waals surface area contributed by atoms with Gasteiger partial charge in [0, 0.05) is 51.5 Å². The van der Waals surface area contributed by atoms with Crippen molar-refractivity contribution >= 4 is 44.6 Å². The predicted molar refractivity (Wildman–Crippen MR) is 349 cm³/mol. The van der Waals surface area contributed by atoms with Crippen LogP contribution in [0.15, 0.2) is 249 Å². The first kappa shape index (κ1) is 51.4. The zero-order valence-corrected chi connectivity index (χ0v) is 49.0. The maximum atomic E-state index is 7.58. The molecule has 5 nitrogen and oxygen atoms in total. The summed E-state index contributed by atoms with van der Waals surface area (Å²) in [5.41, 5.74) is 22.1. The van der Waals surface area contributed by atoms with Crippen LogP contribution in [0.5, 0.6) is 11.5 Å². The molecule has 84 heavy (non-hydrogen) atoms. The van der Waals surface area contributed by atoms with Crippen LogP contribution in [0, 0.1) is 0 Å². The Morgan fingerprint density at radius 2 is 1.01 bits per heavy atom. The van der Waals surface area contributed by atoms with Crippen LogP contribution >= 0.6 is 0 Å². The van der Waals surface area contributed by atoms with Gasteiger partial charge in [-0.05, 0) is 145 Å². The third kappa shape index (κ3) is 8.07. The molecule has 2 aliphatic carbocycles. The van der Waals surface area contributed by atoms with E-state index in [4.69, 9.17) is 9.72 Å². The van der Waals surface area contributed by atoms with Crippen molar-refractivity contribution in [3.63, 3.8) is 0 Å². The number of benzene rings is 10. The van der Waals surface area contributed by atoms with Gasteiger partial charge in [-0.15, -0.1) is 0 Å². The number of pyridine rings is 1. The van der Waals surface area contributed by atoms with Crippen molar-refractivity contribution in [3.8, 4) is 50.7 Å². The summed E-state index contributed by atoms with van der Waals surface area (Å²) in [6.07, 6.45) is 4.12. The molecule has 3 aliphatic rings. The molecule has 0 N–H and O–H groups in total. The summed E-state index contributed by atoms with van der Waals surface area (Å²) in [5, 5.41) is 2.31. The summed E-state index contributed by atoms with van der Waals surface area (Å²) in [5.74, 6) is 2.53. The van der Waals surface area contributed by atoms with Crippen LogP contribution in [0.1, 0.15) is 100 Å². The van der Waals surface area contributed by atoms with Crippen molar-refractivity contribution in [2.75, 3.05) is 16.5 Å². The van der Waals surface area contributed by atoms with Gasteiger partial charge in [0.1, 0.15) is 24.0 Å². The van der Waals surface area contributed by atoms with Crippen molar-refractivity contribution in [2.45, 2.75) is 83.0 Å². The van der Waals surface area contributed by atoms with Crippen LogP contribution in [0.4, 0.5) is 22.7 Å². The van der Waals surface area contributed by atoms with E-state index in [1.165, 1.54) is 89.1 Å². The van der Waals surface area contributed by atoms with E-state index >= 15 is 0 Å². The molecule has 0 spiro atoms. The minimum absolute atomic E-state index is 0.0776. The molecular weight excluding hydrogens is 1020 g/mol. The second-order valence-electron chi connectivity index (χ2n) is 25.8. The van der Waals surface area contributed by atoms with Gasteiger partial charge in [0.25, 0.3) is 0 Å². The number of fused-ring (bicyclic) bond motifs is 8. The van der Waals surface area contributed by atoms with E-state index in [1.807, 2.05) is 6.20 Å². The Balaban J connectivity index is 0.889. The fourth-order valence-corrected chi connectivity index (χ4v) is 14.5. The minimum atomic E-state index is -0.567. The molecule has 2 aromatic heterocycles. The van der Waals surface area contributed by atoms with Crippen molar-refractivity contribution in [3.05, 3.63) is 288 Å². The van der Waals surface area contributed by atoms with Crippen LogP contribution in [0.3, 0.4) is 0 Å². The largest absolute Gasteiger partial charge is 0.457 e. The average Bonchev–Trinajstić information content (AvgIpc) is 2.73. The molecule has 410 valence electrons. The number of ether oxygens (including phenoxy) is 1. The summed E-state index contributed by atoms with van der Waals surface area (Å²) in [7, 11) is 0. The monoisotopic (exact) mass is 1090 g/mol. The number of rotatable bonds is 9. The highest BCUT2D eigenvalue weighted by atomic mass is 16.5. The molecule has 0 bridgehead atoms. The standard InChI is InChI=1S/C79H68N4O/c1-76(2,3)56-45-63(52-25-11-8-12-26-52)75(64(46-56)53-27-13-9-14-28-53)82-51-81(69-37-23-24-38-70(69)82)57-48-67-74(78(6,7)43-42-77(67,4)5)72(49-57)84-58-39-40-62-61-33-19-22-36-68(61)83(71(62)50-58)73-47-55(41-44-80-73)79(54-29-15-10-16-30-54)65-34-20-17-31-59(65)60-32-18-21-35-66(60)79/h8-41,44-50H,42-43,51H2,1-7H3. The first-order valence-corrected chi connectivity index (χ1v) is 29.8. The van der Waals surface area contributed by atoms with Gasteiger partial charge in [-0.2, -0.15) is 0 Å². The molecular formula is C79H68N4O. The molecule has 3 heterocycles. The normalized spacial score (nSPS) is 15.4. The number of para-hydroxylation sites is 3. The molecule has 0 radical (unpaired) electrons. The molecule has 0 saturated heterocycles. The van der Waals surface area contributed by atoms with Gasteiger partial charge in [0.2, 0.25) is 0 Å². The fraction of sp³-hybridized carbons (Fsp3) is 0.177. The van der Waals surface area contributed by atoms with Crippen LogP contribution in [-0.4, -0.2) is 16.2 Å². The third-order valence-corrected chi connectivity index (χ3v) is 18.8. The lowest BCUT2D eigenvalue weighted by Crippen LogP contribution is -2.35. The number of hydrogen-bond acceptors (Lipinski definition) is 4. The Hall–Kier alpha value is -9.45. The van der Waals surface area contributed by atoms with Crippen molar-refractivity contribution in [1.29, 1.82) is 0 Å². The molecule has 10 aromatic carbocycles. The van der Waals surface area contributed by atoms with Gasteiger partial charge in [-0.3, -0.25) is 4.57 Å². The van der Waals surface area contributed by atoms with E-state index in [0.717, 1.165) is 58.0 Å². The van der Waals surface area contributed by atoms with E-state index in [-0.39, 0.29) is 16.2 Å². The molecule has 1 aliphatic heterocycles. The molecule has 0 unspecified atom stereocenters. The van der Waals surface area contributed by atoms with E-state index in [9.17, 15) is 0 Å². The first-order valence-electron chi connectivity index (χ1n) is 29.8. The zero-order valence-electron chi connectivity index (χ0n) is 49.0. The van der Waals surface area contributed by atoms with Gasteiger partial charge in [-0.1, -0.05) is 218 Å². The summed E-state index contributed by atoms with van der Waals surface area (Å²) in [6.45, 7) is 17.2. The van der Waals surface area contributed by atoms with Crippen molar-refractivity contribution in [1.82, 2.24) is 9.55 Å². The Labute approximate surface area is 494 Å². The summed E-state index contributed by atoms with van der Waals surface area (Å²) < 4.78 is 9.93. The topological polar surface area (TPSA) is 33.5 Å². The van der Waals surface area contributed by atoms with E-state index < -0.39 is 5.41 Å². The third-order valence-electron chi connectivity index (χ3n) is 18.8. The van der Waals surface area contributed by atoms with Gasteiger partial charge in [-0.25, -0.2) is 4.98 Å². The number of hydrogen-bond donors (Lipinski definition) is 0. The first-order chi connectivity index (χ1) is 40.8. The summed E-state index contributed by atoms with van der Waals surface area (Å²) in [4.78, 5) is 10.3. The van der Waals surface area contributed by atoms with Crippen LogP contribution in [0.25, 0.3) is 61.0 Å². The van der Waals surface area contributed by atoms with Gasteiger partial charge >= 0.3 is 0 Å². The quantitative estimate of drug-likeness (QED) is 0.144. The molecule has 0 fully saturated rings. The molecule has 0 atom stereocenters. The van der Waals surface area contributed by atoms with E-state index in [2.05, 4.69) is 305 Å². The summed E-state index contributed by atoms with van der Waals surface area (Å²) in [6, 6.07) is 89.5. The lowest BCUT2D eigenvalue weighted by atomic mass is 9.63. The number of aromatic nitrogens is 2. The zero-order chi connectivity index (χ0) is 57.1. The SMILES string of the molecule is CC(C)(C)c1cc(-c2ccccc2)c(N2CN(c3cc(Oc4ccc5c6ccccc6n(-c6cc(C7(c8ccccc8)c8ccccc8-c8ccccc87)ccn6)c5c4)c4c(c3)C(C)(C)CCC4(C)C)c3ccccc32)c(-c2ccccc2)c1. The van der Waals surface area contributed by atoms with Gasteiger partial charge < -0.3 is 14.5 Å².